The Balaban J connectivity index is 2.06. The number of aromatic amines is 1. The van der Waals surface area contributed by atoms with E-state index in [0.29, 0.717) is 22.3 Å². The highest BCUT2D eigenvalue weighted by atomic mass is 16.3. The average molecular weight is 355 g/mol. The fourth-order valence-corrected chi connectivity index (χ4v) is 3.35. The number of pyridine rings is 1. The highest BCUT2D eigenvalue weighted by Crippen LogP contribution is 2.35. The molecule has 0 unspecified atom stereocenters. The minimum Gasteiger partial charge on any atom is -0.505 e. The normalized spacial score (nSPS) is 10.8. The summed E-state index contributed by atoms with van der Waals surface area (Å²) >= 11 is 0. The molecule has 2 aromatic heterocycles. The van der Waals surface area contributed by atoms with Gasteiger partial charge in [-0.1, -0.05) is 49.4 Å². The number of fused-ring (bicyclic) bond motifs is 1. The Bertz CT molecular complexity index is 1230. The highest BCUT2D eigenvalue weighted by Gasteiger charge is 2.20. The van der Waals surface area contributed by atoms with E-state index in [1.807, 2.05) is 42.5 Å². The molecule has 0 saturated heterocycles. The number of aromatic hydroxyl groups is 1. The molecule has 0 radical (unpaired) electrons. The van der Waals surface area contributed by atoms with E-state index in [-0.39, 0.29) is 11.3 Å². The third-order valence-electron chi connectivity index (χ3n) is 4.72. The van der Waals surface area contributed by atoms with Crippen LogP contribution in [0.1, 0.15) is 18.2 Å². The van der Waals surface area contributed by atoms with Crippen LogP contribution in [0.15, 0.2) is 65.5 Å². The van der Waals surface area contributed by atoms with Crippen molar-refractivity contribution in [3.8, 4) is 28.6 Å². The van der Waals surface area contributed by atoms with Crippen molar-refractivity contribution in [2.24, 2.45) is 0 Å². The number of aromatic nitrogens is 2. The first-order valence-electron chi connectivity index (χ1n) is 8.69. The van der Waals surface area contributed by atoms with Gasteiger partial charge in [-0.2, -0.15) is 5.26 Å². The summed E-state index contributed by atoms with van der Waals surface area (Å²) in [4.78, 5) is 15.4. The average Bonchev–Trinajstić information content (AvgIpc) is 3.07. The summed E-state index contributed by atoms with van der Waals surface area (Å²) in [5.74, 6) is -0.138. The minimum atomic E-state index is -0.394. The van der Waals surface area contributed by atoms with Crippen molar-refractivity contribution in [1.82, 2.24) is 9.55 Å². The molecule has 5 nitrogen and oxygen atoms in total. The third-order valence-corrected chi connectivity index (χ3v) is 4.72. The van der Waals surface area contributed by atoms with Crippen LogP contribution in [-0.4, -0.2) is 14.7 Å². The molecule has 4 aromatic rings. The first-order valence-corrected chi connectivity index (χ1v) is 8.69. The molecule has 0 fully saturated rings. The summed E-state index contributed by atoms with van der Waals surface area (Å²) in [7, 11) is 0. The first-order chi connectivity index (χ1) is 13.1. The zero-order valence-corrected chi connectivity index (χ0v) is 14.7. The van der Waals surface area contributed by atoms with Gasteiger partial charge < -0.3 is 10.1 Å². The topological polar surface area (TPSA) is 81.8 Å². The highest BCUT2D eigenvalue weighted by molar-refractivity contribution is 5.92. The monoisotopic (exact) mass is 355 g/mol. The van der Waals surface area contributed by atoms with Crippen LogP contribution in [0.4, 0.5) is 0 Å². The Morgan fingerprint density at radius 1 is 1.11 bits per heavy atom. The zero-order valence-electron chi connectivity index (χ0n) is 14.7. The van der Waals surface area contributed by atoms with Gasteiger partial charge in [0.1, 0.15) is 17.3 Å². The van der Waals surface area contributed by atoms with Crippen LogP contribution in [0.3, 0.4) is 0 Å². The third kappa shape index (κ3) is 2.68. The second-order valence-electron chi connectivity index (χ2n) is 6.30. The van der Waals surface area contributed by atoms with E-state index < -0.39 is 5.56 Å². The van der Waals surface area contributed by atoms with E-state index >= 15 is 0 Å². The predicted octanol–water partition coefficient (Wildman–Crippen LogP) is 4.13. The van der Waals surface area contributed by atoms with Gasteiger partial charge in [0.2, 0.25) is 0 Å². The van der Waals surface area contributed by atoms with E-state index in [1.165, 1.54) is 5.56 Å². The molecular formula is C22H17N3O2. The molecule has 0 bridgehead atoms. The molecule has 0 atom stereocenters. The van der Waals surface area contributed by atoms with E-state index in [0.717, 1.165) is 12.1 Å². The van der Waals surface area contributed by atoms with Crippen molar-refractivity contribution in [1.29, 1.82) is 5.26 Å². The van der Waals surface area contributed by atoms with Crippen LogP contribution in [0.2, 0.25) is 0 Å². The van der Waals surface area contributed by atoms with Crippen LogP contribution in [0, 0.1) is 11.3 Å². The quantitative estimate of drug-likeness (QED) is 0.580. The molecule has 2 heterocycles. The van der Waals surface area contributed by atoms with E-state index in [9.17, 15) is 15.2 Å². The lowest BCUT2D eigenvalue weighted by Crippen LogP contribution is -2.10. The summed E-state index contributed by atoms with van der Waals surface area (Å²) < 4.78 is 1.67. The summed E-state index contributed by atoms with van der Waals surface area (Å²) in [6.45, 7) is 2.07. The van der Waals surface area contributed by atoms with Gasteiger partial charge in [-0.25, -0.2) is 0 Å². The van der Waals surface area contributed by atoms with Gasteiger partial charge in [-0.15, -0.1) is 0 Å². The van der Waals surface area contributed by atoms with Gasteiger partial charge >= 0.3 is 0 Å². The number of nitrogens with one attached hydrogen (secondary N) is 1. The van der Waals surface area contributed by atoms with Gasteiger partial charge in [-0.3, -0.25) is 9.36 Å². The van der Waals surface area contributed by atoms with Crippen molar-refractivity contribution < 1.29 is 5.11 Å². The first kappa shape index (κ1) is 16.7. The largest absolute Gasteiger partial charge is 0.505 e. The molecule has 2 aromatic carbocycles. The van der Waals surface area contributed by atoms with Crippen molar-refractivity contribution in [2.75, 3.05) is 0 Å². The van der Waals surface area contributed by atoms with Crippen LogP contribution in [-0.2, 0) is 6.42 Å². The number of benzene rings is 2. The molecular weight excluding hydrogens is 338 g/mol. The summed E-state index contributed by atoms with van der Waals surface area (Å²) in [5.41, 5.74) is 3.52. The Kier molecular flexibility index (Phi) is 4.02. The summed E-state index contributed by atoms with van der Waals surface area (Å²) in [5, 5.41) is 20.6. The number of nitriles is 1. The lowest BCUT2D eigenvalue weighted by molar-refractivity contribution is 0.480. The fraction of sp³-hybridized carbons (Fsp3) is 0.0909. The Labute approximate surface area is 155 Å². The molecule has 4 rings (SSSR count). The lowest BCUT2D eigenvalue weighted by Gasteiger charge is -2.11. The number of hydrogen-bond donors (Lipinski definition) is 2. The van der Waals surface area contributed by atoms with Crippen LogP contribution in [0.25, 0.3) is 27.8 Å². The molecule has 0 aliphatic heterocycles. The molecule has 132 valence electrons. The van der Waals surface area contributed by atoms with Gasteiger partial charge in [0.05, 0.1) is 11.1 Å². The van der Waals surface area contributed by atoms with E-state index in [2.05, 4.69) is 18.0 Å². The molecule has 5 heteroatoms. The Morgan fingerprint density at radius 2 is 1.81 bits per heavy atom. The molecule has 0 saturated carbocycles. The molecule has 0 aliphatic carbocycles. The number of aryl methyl sites for hydroxylation is 1. The van der Waals surface area contributed by atoms with Crippen LogP contribution >= 0.6 is 0 Å². The van der Waals surface area contributed by atoms with E-state index in [1.54, 1.807) is 22.8 Å². The van der Waals surface area contributed by atoms with Crippen LogP contribution in [0.5, 0.6) is 5.75 Å². The smallest absolute Gasteiger partial charge is 0.260 e. The molecule has 27 heavy (non-hydrogen) atoms. The Morgan fingerprint density at radius 3 is 2.44 bits per heavy atom. The molecule has 0 aliphatic rings. The van der Waals surface area contributed by atoms with Crippen molar-refractivity contribution >= 4 is 11.0 Å². The second-order valence-corrected chi connectivity index (χ2v) is 6.30. The van der Waals surface area contributed by atoms with Crippen molar-refractivity contribution in [3.63, 3.8) is 0 Å². The maximum atomic E-state index is 12.6. The van der Waals surface area contributed by atoms with Crippen LogP contribution < -0.4 is 5.56 Å². The number of rotatable bonds is 3. The van der Waals surface area contributed by atoms with Gasteiger partial charge in [0.25, 0.3) is 5.56 Å². The molecule has 0 spiro atoms. The van der Waals surface area contributed by atoms with Gasteiger partial charge in [0.15, 0.2) is 5.75 Å². The SMILES string of the molecule is CCc1ccc(-n2c(C#N)cc3[nH]c(=O)c(-c4ccccc4)c(O)c32)cc1. The number of hydrogen-bond acceptors (Lipinski definition) is 3. The second kappa shape index (κ2) is 6.50. The van der Waals surface area contributed by atoms with Gasteiger partial charge in [-0.05, 0) is 35.7 Å². The number of nitrogens with zero attached hydrogens (tertiary/aromatic N) is 2. The standard InChI is InChI=1S/C22H17N3O2/c1-2-14-8-10-16(11-9-14)25-17(13-23)12-18-20(25)21(26)19(22(27)24-18)15-6-4-3-5-7-15/h3-12H,2H2,1H3,(H2,24,26,27). The zero-order chi connectivity index (χ0) is 19.0. The van der Waals surface area contributed by atoms with Crippen molar-refractivity contribution in [3.05, 3.63) is 82.3 Å². The van der Waals surface area contributed by atoms with Gasteiger partial charge in [0, 0.05) is 5.69 Å². The lowest BCUT2D eigenvalue weighted by atomic mass is 10.1. The predicted molar refractivity (Wildman–Crippen MR) is 105 cm³/mol. The van der Waals surface area contributed by atoms with Crippen molar-refractivity contribution in [2.45, 2.75) is 13.3 Å². The summed E-state index contributed by atoms with van der Waals surface area (Å²) in [6.07, 6.45) is 0.911. The fourth-order valence-electron chi connectivity index (χ4n) is 3.35. The number of H-pyrrole nitrogens is 1. The maximum absolute atomic E-state index is 12.6. The maximum Gasteiger partial charge on any atom is 0.260 e. The Hall–Kier alpha value is -3.78. The van der Waals surface area contributed by atoms with E-state index in [4.69, 9.17) is 0 Å². The minimum absolute atomic E-state index is 0.138. The molecule has 2 N–H and O–H groups in total. The summed E-state index contributed by atoms with van der Waals surface area (Å²) in [6, 6.07) is 20.5. The molecule has 0 amide bonds.